The van der Waals surface area contributed by atoms with Crippen molar-refractivity contribution in [1.29, 1.82) is 0 Å². The monoisotopic (exact) mass is 233 g/mol. The maximum Gasteiger partial charge on any atom is 0.287 e. The van der Waals surface area contributed by atoms with E-state index in [1.807, 2.05) is 0 Å². The molecule has 2 saturated carbocycles. The zero-order chi connectivity index (χ0) is 11.8. The second-order valence-electron chi connectivity index (χ2n) is 5.01. The Balaban J connectivity index is 1.81. The summed E-state index contributed by atoms with van der Waals surface area (Å²) in [6, 6.07) is 0. The van der Waals surface area contributed by atoms with Crippen molar-refractivity contribution in [2.45, 2.75) is 31.6 Å². The van der Waals surface area contributed by atoms with Crippen LogP contribution in [0.1, 0.15) is 25.7 Å². The maximum absolute atomic E-state index is 12.7. The molecule has 0 radical (unpaired) electrons. The summed E-state index contributed by atoms with van der Waals surface area (Å²) >= 11 is 0. The molecule has 92 valence electrons. The van der Waals surface area contributed by atoms with Gasteiger partial charge in [-0.1, -0.05) is 6.42 Å². The summed E-state index contributed by atoms with van der Waals surface area (Å²) in [5, 5.41) is 10.6. The highest BCUT2D eigenvalue weighted by atomic mass is 19.3. The van der Waals surface area contributed by atoms with Crippen molar-refractivity contribution in [2.24, 2.45) is 17.8 Å². The molecule has 1 amide bonds. The SMILES string of the molecule is O=C(NCC(F)(F)CO)C1CC2CCC1C2. The van der Waals surface area contributed by atoms with Gasteiger partial charge in [-0.25, -0.2) is 8.78 Å². The average molecular weight is 233 g/mol. The third-order valence-electron chi connectivity index (χ3n) is 3.83. The lowest BCUT2D eigenvalue weighted by atomic mass is 9.88. The fraction of sp³-hybridized carbons (Fsp3) is 0.909. The first-order valence-electron chi connectivity index (χ1n) is 5.78. The van der Waals surface area contributed by atoms with E-state index in [1.54, 1.807) is 0 Å². The predicted octanol–water partition coefficient (Wildman–Crippen LogP) is 1.17. The first-order valence-corrected chi connectivity index (χ1v) is 5.78. The van der Waals surface area contributed by atoms with Gasteiger partial charge < -0.3 is 10.4 Å². The van der Waals surface area contributed by atoms with Gasteiger partial charge in [0.25, 0.3) is 5.92 Å². The summed E-state index contributed by atoms with van der Waals surface area (Å²) in [5.74, 6) is -2.52. The van der Waals surface area contributed by atoms with Crippen LogP contribution in [0.15, 0.2) is 0 Å². The van der Waals surface area contributed by atoms with E-state index in [-0.39, 0.29) is 11.8 Å². The number of carbonyl (C=O) groups excluding carboxylic acids is 1. The molecule has 0 aromatic rings. The van der Waals surface area contributed by atoms with Gasteiger partial charge in [0.15, 0.2) is 0 Å². The van der Waals surface area contributed by atoms with E-state index in [2.05, 4.69) is 5.32 Å². The normalized spacial score (nSPS) is 33.1. The summed E-state index contributed by atoms with van der Waals surface area (Å²) in [4.78, 5) is 11.7. The quantitative estimate of drug-likeness (QED) is 0.765. The predicted molar refractivity (Wildman–Crippen MR) is 54.0 cm³/mol. The van der Waals surface area contributed by atoms with E-state index in [0.29, 0.717) is 11.8 Å². The maximum atomic E-state index is 12.7. The molecule has 2 rings (SSSR count). The lowest BCUT2D eigenvalue weighted by Gasteiger charge is -2.22. The van der Waals surface area contributed by atoms with Crippen LogP contribution >= 0.6 is 0 Å². The Kier molecular flexibility index (Phi) is 3.15. The summed E-state index contributed by atoms with van der Waals surface area (Å²) < 4.78 is 25.4. The molecule has 2 aliphatic rings. The number of halogens is 2. The minimum Gasteiger partial charge on any atom is -0.390 e. The number of carbonyl (C=O) groups is 1. The molecular formula is C11H17F2NO2. The summed E-state index contributed by atoms with van der Waals surface area (Å²) in [6.45, 7) is -1.97. The Morgan fingerprint density at radius 3 is 2.62 bits per heavy atom. The molecule has 2 aliphatic carbocycles. The molecule has 16 heavy (non-hydrogen) atoms. The van der Waals surface area contributed by atoms with Crippen LogP contribution in [0.4, 0.5) is 8.78 Å². The van der Waals surface area contributed by atoms with Gasteiger partial charge in [-0.05, 0) is 31.1 Å². The van der Waals surface area contributed by atoms with E-state index >= 15 is 0 Å². The van der Waals surface area contributed by atoms with Crippen molar-refractivity contribution in [1.82, 2.24) is 5.32 Å². The van der Waals surface area contributed by atoms with Crippen LogP contribution < -0.4 is 5.32 Å². The minimum atomic E-state index is -3.20. The number of hydrogen-bond acceptors (Lipinski definition) is 2. The van der Waals surface area contributed by atoms with Gasteiger partial charge in [0.1, 0.15) is 6.61 Å². The number of aliphatic hydroxyl groups excluding tert-OH is 1. The molecule has 2 fully saturated rings. The van der Waals surface area contributed by atoms with E-state index in [0.717, 1.165) is 19.3 Å². The Morgan fingerprint density at radius 2 is 2.12 bits per heavy atom. The van der Waals surface area contributed by atoms with Gasteiger partial charge in [-0.3, -0.25) is 4.79 Å². The fourth-order valence-electron chi connectivity index (χ4n) is 2.97. The first kappa shape index (κ1) is 11.8. The van der Waals surface area contributed by atoms with Gasteiger partial charge in [0.05, 0.1) is 6.54 Å². The van der Waals surface area contributed by atoms with Crippen LogP contribution in [0, 0.1) is 17.8 Å². The zero-order valence-corrected chi connectivity index (χ0v) is 9.09. The molecule has 2 N–H and O–H groups in total. The smallest absolute Gasteiger partial charge is 0.287 e. The summed E-state index contributed by atoms with van der Waals surface area (Å²) in [5.41, 5.74) is 0. The molecule has 3 unspecified atom stereocenters. The molecular weight excluding hydrogens is 216 g/mol. The number of nitrogens with one attached hydrogen (secondary N) is 1. The molecule has 2 bridgehead atoms. The van der Waals surface area contributed by atoms with Gasteiger partial charge >= 0.3 is 0 Å². The first-order chi connectivity index (χ1) is 7.52. The standard InChI is InChI=1S/C11H17F2NO2/c12-11(13,6-15)5-14-10(16)9-4-7-1-2-8(9)3-7/h7-9,15H,1-6H2,(H,14,16). The van der Waals surface area contributed by atoms with Crippen LogP contribution in [0.2, 0.25) is 0 Å². The Morgan fingerprint density at radius 1 is 1.38 bits per heavy atom. The van der Waals surface area contributed by atoms with E-state index < -0.39 is 19.1 Å². The molecule has 0 spiro atoms. The molecule has 3 atom stereocenters. The molecule has 5 heteroatoms. The Hall–Kier alpha value is -0.710. The number of alkyl halides is 2. The lowest BCUT2D eigenvalue weighted by Crippen LogP contribution is -2.42. The minimum absolute atomic E-state index is 0.0757. The third-order valence-corrected chi connectivity index (χ3v) is 3.83. The number of fused-ring (bicyclic) bond motifs is 2. The molecule has 0 aliphatic heterocycles. The third kappa shape index (κ3) is 2.34. The van der Waals surface area contributed by atoms with Crippen molar-refractivity contribution in [2.75, 3.05) is 13.2 Å². The molecule has 0 heterocycles. The second-order valence-corrected chi connectivity index (χ2v) is 5.01. The van der Waals surface area contributed by atoms with Crippen molar-refractivity contribution >= 4 is 5.91 Å². The van der Waals surface area contributed by atoms with Crippen LogP contribution in [0.5, 0.6) is 0 Å². The Labute approximate surface area is 93.2 Å². The van der Waals surface area contributed by atoms with Crippen LogP contribution in [0.25, 0.3) is 0 Å². The topological polar surface area (TPSA) is 49.3 Å². The largest absolute Gasteiger partial charge is 0.390 e. The molecule has 3 nitrogen and oxygen atoms in total. The Bertz CT molecular complexity index is 283. The summed E-state index contributed by atoms with van der Waals surface area (Å²) in [6.07, 6.45) is 4.16. The van der Waals surface area contributed by atoms with Gasteiger partial charge in [-0.2, -0.15) is 0 Å². The lowest BCUT2D eigenvalue weighted by molar-refractivity contribution is -0.129. The van der Waals surface area contributed by atoms with E-state index in [9.17, 15) is 13.6 Å². The van der Waals surface area contributed by atoms with Crippen LogP contribution in [-0.2, 0) is 4.79 Å². The average Bonchev–Trinajstić information content (AvgIpc) is 2.87. The van der Waals surface area contributed by atoms with Gasteiger partial charge in [0.2, 0.25) is 5.91 Å². The van der Waals surface area contributed by atoms with Crippen molar-refractivity contribution < 1.29 is 18.7 Å². The zero-order valence-electron chi connectivity index (χ0n) is 9.09. The molecule has 0 aromatic heterocycles. The van der Waals surface area contributed by atoms with E-state index in [4.69, 9.17) is 5.11 Å². The second kappa shape index (κ2) is 4.28. The number of rotatable bonds is 4. The molecule has 0 saturated heterocycles. The van der Waals surface area contributed by atoms with Crippen molar-refractivity contribution in [3.05, 3.63) is 0 Å². The van der Waals surface area contributed by atoms with Gasteiger partial charge in [0, 0.05) is 5.92 Å². The number of hydrogen-bond donors (Lipinski definition) is 2. The van der Waals surface area contributed by atoms with Crippen molar-refractivity contribution in [3.8, 4) is 0 Å². The molecule has 0 aromatic carbocycles. The highest BCUT2D eigenvalue weighted by molar-refractivity contribution is 5.79. The number of aliphatic hydroxyl groups is 1. The fourth-order valence-corrected chi connectivity index (χ4v) is 2.97. The van der Waals surface area contributed by atoms with Crippen LogP contribution in [-0.4, -0.2) is 30.1 Å². The summed E-state index contributed by atoms with van der Waals surface area (Å²) in [7, 11) is 0. The van der Waals surface area contributed by atoms with Gasteiger partial charge in [-0.15, -0.1) is 0 Å². The van der Waals surface area contributed by atoms with Crippen LogP contribution in [0.3, 0.4) is 0 Å². The number of amides is 1. The highest BCUT2D eigenvalue weighted by Crippen LogP contribution is 2.48. The highest BCUT2D eigenvalue weighted by Gasteiger charge is 2.43. The van der Waals surface area contributed by atoms with E-state index in [1.165, 1.54) is 6.42 Å². The van der Waals surface area contributed by atoms with Crippen molar-refractivity contribution in [3.63, 3.8) is 0 Å².